The molecule has 2 aromatic heterocycles. The van der Waals surface area contributed by atoms with Gasteiger partial charge in [-0.2, -0.15) is 0 Å². The summed E-state index contributed by atoms with van der Waals surface area (Å²) in [4.78, 5) is 5.10. The molecule has 0 saturated heterocycles. The van der Waals surface area contributed by atoms with E-state index in [2.05, 4.69) is 30.1 Å². The average Bonchev–Trinajstić information content (AvgIpc) is 2.90. The van der Waals surface area contributed by atoms with Gasteiger partial charge < -0.3 is 9.30 Å². The largest absolute Gasteiger partial charge is 0.494 e. The van der Waals surface area contributed by atoms with E-state index in [4.69, 9.17) is 10.1 Å². The Morgan fingerprint density at radius 3 is 2.92 bits per heavy atom. The molecule has 2 heterocycles. The van der Waals surface area contributed by atoms with Crippen LogP contribution in [-0.4, -0.2) is 16.2 Å². The third-order valence-electron chi connectivity index (χ3n) is 4.24. The van der Waals surface area contributed by atoms with E-state index in [1.807, 2.05) is 42.0 Å². The molecule has 0 saturated carbocycles. The highest BCUT2D eigenvalue weighted by Gasteiger charge is 2.10. The summed E-state index contributed by atoms with van der Waals surface area (Å²) >= 11 is 1.48. The average molecular weight is 349 g/mol. The molecular weight excluding hydrogens is 330 g/mol. The van der Waals surface area contributed by atoms with Crippen LogP contribution in [0.25, 0.3) is 21.1 Å². The molecule has 0 amide bonds. The first-order valence-corrected chi connectivity index (χ1v) is 9.12. The van der Waals surface area contributed by atoms with Crippen molar-refractivity contribution in [3.8, 4) is 5.75 Å². The van der Waals surface area contributed by atoms with Crippen LogP contribution in [0.15, 0.2) is 48.7 Å². The Morgan fingerprint density at radius 2 is 2.08 bits per heavy atom. The van der Waals surface area contributed by atoms with Crippen molar-refractivity contribution in [2.24, 2.45) is 0 Å². The van der Waals surface area contributed by atoms with Gasteiger partial charge in [-0.1, -0.05) is 29.0 Å². The predicted octanol–water partition coefficient (Wildman–Crippen LogP) is 4.49. The molecule has 0 spiro atoms. The van der Waals surface area contributed by atoms with E-state index in [1.165, 1.54) is 16.9 Å². The Hall–Kier alpha value is -2.66. The highest BCUT2D eigenvalue weighted by molar-refractivity contribution is 7.16. The third kappa shape index (κ3) is 2.91. The van der Waals surface area contributed by atoms with Gasteiger partial charge in [0.2, 0.25) is 0 Å². The first kappa shape index (κ1) is 15.8. The Morgan fingerprint density at radius 1 is 1.20 bits per heavy atom. The fourth-order valence-corrected chi connectivity index (χ4v) is 4.14. The van der Waals surface area contributed by atoms with Gasteiger partial charge >= 0.3 is 0 Å². The lowest BCUT2D eigenvalue weighted by atomic mass is 10.1. The normalized spacial score (nSPS) is 11.3. The van der Waals surface area contributed by atoms with Crippen LogP contribution in [-0.2, 0) is 6.54 Å². The van der Waals surface area contributed by atoms with Crippen LogP contribution < -0.4 is 9.54 Å². The smallest absolute Gasteiger partial charge is 0.183 e. The van der Waals surface area contributed by atoms with E-state index in [0.29, 0.717) is 18.0 Å². The predicted molar refractivity (Wildman–Crippen MR) is 102 cm³/mol. The molecule has 4 rings (SSSR count). The molecule has 0 aliphatic rings. The maximum Gasteiger partial charge on any atom is 0.183 e. The van der Waals surface area contributed by atoms with E-state index in [1.54, 1.807) is 0 Å². The molecule has 4 aromatic rings. The summed E-state index contributed by atoms with van der Waals surface area (Å²) in [6.07, 6.45) is 1.83. The summed E-state index contributed by atoms with van der Waals surface area (Å²) in [7, 11) is 0. The van der Waals surface area contributed by atoms with Gasteiger partial charge in [-0.15, -0.1) is 0 Å². The number of ether oxygens (including phenoxy) is 1. The summed E-state index contributed by atoms with van der Waals surface area (Å²) in [5.74, 6) is 0.853. The second kappa shape index (κ2) is 6.33. The van der Waals surface area contributed by atoms with Gasteiger partial charge in [-0.05, 0) is 49.7 Å². The van der Waals surface area contributed by atoms with E-state index in [9.17, 15) is 0 Å². The van der Waals surface area contributed by atoms with E-state index in [0.717, 1.165) is 32.4 Å². The van der Waals surface area contributed by atoms with Crippen molar-refractivity contribution in [3.63, 3.8) is 0 Å². The van der Waals surface area contributed by atoms with Crippen LogP contribution in [0.3, 0.4) is 0 Å². The molecule has 5 heteroatoms. The number of benzene rings is 2. The second-order valence-electron chi connectivity index (χ2n) is 6.06. The van der Waals surface area contributed by atoms with E-state index >= 15 is 0 Å². The van der Waals surface area contributed by atoms with Gasteiger partial charge in [0.1, 0.15) is 5.75 Å². The molecule has 0 unspecified atom stereocenters. The number of aryl methyl sites for hydroxylation is 1. The highest BCUT2D eigenvalue weighted by atomic mass is 32.1. The van der Waals surface area contributed by atoms with Crippen LogP contribution in [0, 0.1) is 12.3 Å². The number of nitrogens with zero attached hydrogens (tertiary/aromatic N) is 2. The molecular formula is C20H19N3OS. The number of rotatable bonds is 4. The van der Waals surface area contributed by atoms with Crippen LogP contribution in [0.2, 0.25) is 0 Å². The molecule has 1 N–H and O–H groups in total. The number of hydrogen-bond donors (Lipinski definition) is 1. The lowest BCUT2D eigenvalue weighted by Crippen LogP contribution is -2.14. The van der Waals surface area contributed by atoms with E-state index < -0.39 is 0 Å². The van der Waals surface area contributed by atoms with Crippen molar-refractivity contribution in [3.05, 3.63) is 64.6 Å². The van der Waals surface area contributed by atoms with Crippen LogP contribution in [0.5, 0.6) is 5.75 Å². The molecule has 25 heavy (non-hydrogen) atoms. The van der Waals surface area contributed by atoms with Gasteiger partial charge in [0.25, 0.3) is 0 Å². The molecule has 126 valence electrons. The summed E-state index contributed by atoms with van der Waals surface area (Å²) in [5.41, 5.74) is 4.41. The van der Waals surface area contributed by atoms with Crippen molar-refractivity contribution < 1.29 is 4.74 Å². The topological polar surface area (TPSA) is 50.9 Å². The molecule has 0 radical (unpaired) electrons. The Balaban J connectivity index is 1.84. The van der Waals surface area contributed by atoms with Gasteiger partial charge in [0.05, 0.1) is 28.9 Å². The number of thiazole rings is 1. The van der Waals surface area contributed by atoms with Crippen molar-refractivity contribution in [2.45, 2.75) is 20.4 Å². The van der Waals surface area contributed by atoms with Crippen LogP contribution >= 0.6 is 11.3 Å². The van der Waals surface area contributed by atoms with Gasteiger partial charge in [-0.25, -0.2) is 0 Å². The van der Waals surface area contributed by atoms with Crippen molar-refractivity contribution >= 4 is 32.5 Å². The lowest BCUT2D eigenvalue weighted by molar-refractivity contribution is 0.341. The number of nitrogens with one attached hydrogen (secondary N) is 1. The van der Waals surface area contributed by atoms with E-state index in [-0.39, 0.29) is 0 Å². The standard InChI is InChI=1S/C20H19N3OS/c1-3-24-16-6-7-17-18(11-16)25-20(21)23(17)12-15-10-13(2)9-14-5-4-8-22-19(14)15/h4-11,21H,3,12H2,1-2H3. The SMILES string of the molecule is CCOc1ccc2c(c1)sc(=N)n2Cc1cc(C)cc2cccnc12. The maximum atomic E-state index is 8.40. The zero-order valence-electron chi connectivity index (χ0n) is 14.2. The maximum absolute atomic E-state index is 8.40. The number of hydrogen-bond acceptors (Lipinski definition) is 4. The molecule has 4 nitrogen and oxygen atoms in total. The fourth-order valence-electron chi connectivity index (χ4n) is 3.20. The molecule has 2 aromatic carbocycles. The fraction of sp³-hybridized carbons (Fsp3) is 0.200. The minimum Gasteiger partial charge on any atom is -0.494 e. The van der Waals surface area contributed by atoms with Crippen LogP contribution in [0.4, 0.5) is 0 Å². The Bertz CT molecular complexity index is 1130. The van der Waals surface area contributed by atoms with Crippen molar-refractivity contribution in [2.75, 3.05) is 6.61 Å². The number of aromatic nitrogens is 2. The Kier molecular flexibility index (Phi) is 4.01. The molecule has 0 atom stereocenters. The summed E-state index contributed by atoms with van der Waals surface area (Å²) in [6.45, 7) is 5.36. The minimum atomic E-state index is 0.536. The van der Waals surface area contributed by atoms with Gasteiger partial charge in [0.15, 0.2) is 4.80 Å². The monoisotopic (exact) mass is 349 g/mol. The quantitative estimate of drug-likeness (QED) is 0.590. The van der Waals surface area contributed by atoms with Crippen LogP contribution in [0.1, 0.15) is 18.1 Å². The lowest BCUT2D eigenvalue weighted by Gasteiger charge is -2.10. The van der Waals surface area contributed by atoms with Crippen molar-refractivity contribution in [1.29, 1.82) is 5.41 Å². The first-order chi connectivity index (χ1) is 12.2. The number of pyridine rings is 1. The molecule has 0 aliphatic carbocycles. The molecule has 0 aliphatic heterocycles. The van der Waals surface area contributed by atoms with Crippen molar-refractivity contribution in [1.82, 2.24) is 9.55 Å². The second-order valence-corrected chi connectivity index (χ2v) is 7.09. The number of fused-ring (bicyclic) bond motifs is 2. The Labute approximate surface area is 149 Å². The summed E-state index contributed by atoms with van der Waals surface area (Å²) in [6, 6.07) is 14.4. The third-order valence-corrected chi connectivity index (χ3v) is 5.20. The molecule has 0 fully saturated rings. The molecule has 0 bridgehead atoms. The first-order valence-electron chi connectivity index (χ1n) is 8.31. The van der Waals surface area contributed by atoms with Gasteiger partial charge in [-0.3, -0.25) is 10.4 Å². The zero-order valence-corrected chi connectivity index (χ0v) is 15.1. The highest BCUT2D eigenvalue weighted by Crippen LogP contribution is 2.25. The summed E-state index contributed by atoms with van der Waals surface area (Å²) in [5, 5.41) is 9.54. The zero-order chi connectivity index (χ0) is 17.4. The minimum absolute atomic E-state index is 0.536. The summed E-state index contributed by atoms with van der Waals surface area (Å²) < 4.78 is 8.69. The van der Waals surface area contributed by atoms with Gasteiger partial charge in [0, 0.05) is 11.6 Å².